The third kappa shape index (κ3) is 117. The molecule has 826 valence electrons. The molecule has 0 aliphatic carbocycles. The van der Waals surface area contributed by atoms with Crippen LogP contribution in [0.15, 0.2) is 48.6 Å². The third-order valence-electron chi connectivity index (χ3n) is 30.7. The molecule has 8 heteroatoms. The number of esters is 4. The van der Waals surface area contributed by atoms with E-state index in [1.807, 2.05) is 24.3 Å². The molecule has 0 saturated heterocycles. The lowest BCUT2D eigenvalue weighted by Gasteiger charge is -2.17. The molecule has 140 heavy (non-hydrogen) atoms. The molecule has 0 aromatic heterocycles. The van der Waals surface area contributed by atoms with Crippen LogP contribution in [0.3, 0.4) is 0 Å². The van der Waals surface area contributed by atoms with E-state index in [1.165, 1.54) is 616 Å². The molecule has 0 rings (SSSR count). The van der Waals surface area contributed by atoms with Crippen molar-refractivity contribution in [1.82, 2.24) is 0 Å². The van der Waals surface area contributed by atoms with Crippen LogP contribution in [-0.4, -0.2) is 50.3 Å². The molecule has 0 amide bonds. The molecule has 0 aromatic rings. The summed E-state index contributed by atoms with van der Waals surface area (Å²) in [6.07, 6.45) is 161. The first-order chi connectivity index (χ1) is 69.4. The van der Waals surface area contributed by atoms with Gasteiger partial charge in [0.25, 0.3) is 0 Å². The van der Waals surface area contributed by atoms with E-state index < -0.39 is 35.7 Å². The van der Waals surface area contributed by atoms with Gasteiger partial charge in [0.05, 0.1) is 24.7 Å². The molecule has 8 nitrogen and oxygen atoms in total. The first-order valence-corrected chi connectivity index (χ1v) is 64.6. The summed E-state index contributed by atoms with van der Waals surface area (Å²) in [6.45, 7) is 9.94. The SMILES string of the molecule is CCCCCCCCCCCCCCCCCCCCCCCCCCC/C=C/COC(=O)CC(CCCCC(CC(=O)OC/C=C/CCCCCCCCCCCCCCCCCCCCCCCCCCC)C(=O)OC/C=C/CCCCCCCCCCCCCCCCCCCCCCCCCCC)C(=O)OC/C=C/CCCCCCCCCCCCCCCCCCCCCCCCCCC. The van der Waals surface area contributed by atoms with Gasteiger partial charge in [-0.15, -0.1) is 0 Å². The van der Waals surface area contributed by atoms with Crippen molar-refractivity contribution in [1.29, 1.82) is 0 Å². The molecule has 0 aliphatic heterocycles. The van der Waals surface area contributed by atoms with E-state index in [9.17, 15) is 19.2 Å². The largest absolute Gasteiger partial charge is 0.461 e. The number of ether oxygens (including phenoxy) is 4. The Labute approximate surface area is 877 Å². The Kier molecular flexibility index (Phi) is 122. The van der Waals surface area contributed by atoms with Crippen molar-refractivity contribution < 1.29 is 38.1 Å². The van der Waals surface area contributed by atoms with Crippen LogP contribution in [0.5, 0.6) is 0 Å². The fourth-order valence-corrected chi connectivity index (χ4v) is 21.0. The summed E-state index contributed by atoms with van der Waals surface area (Å²) in [5, 5.41) is 0. The molecule has 0 N–H and O–H groups in total. The number of hydrogen-bond acceptors (Lipinski definition) is 8. The van der Waals surface area contributed by atoms with Crippen LogP contribution in [-0.2, 0) is 38.1 Å². The fourth-order valence-electron chi connectivity index (χ4n) is 21.0. The lowest BCUT2D eigenvalue weighted by Crippen LogP contribution is -2.24. The Morgan fingerprint density at radius 1 is 0.143 bits per heavy atom. The second kappa shape index (κ2) is 125. The Morgan fingerprint density at radius 3 is 0.386 bits per heavy atom. The van der Waals surface area contributed by atoms with Crippen LogP contribution in [0.2, 0.25) is 0 Å². The van der Waals surface area contributed by atoms with E-state index >= 15 is 0 Å². The number of carbonyl (C=O) groups excluding carboxylic acids is 4. The number of rotatable bonds is 123. The summed E-state index contributed by atoms with van der Waals surface area (Å²) in [7, 11) is 0. The zero-order valence-corrected chi connectivity index (χ0v) is 95.6. The van der Waals surface area contributed by atoms with Crippen LogP contribution < -0.4 is 0 Å². The monoisotopic (exact) mass is 1960 g/mol. The number of hydrogen-bond donors (Lipinski definition) is 0. The summed E-state index contributed by atoms with van der Waals surface area (Å²) >= 11 is 0. The molecular formula is C132H250O8. The predicted molar refractivity (Wildman–Crippen MR) is 618 cm³/mol. The Bertz CT molecular complexity index is 2330. The highest BCUT2D eigenvalue weighted by molar-refractivity contribution is 5.80. The summed E-state index contributed by atoms with van der Waals surface area (Å²) in [5.74, 6) is -2.96. The molecule has 0 aromatic carbocycles. The number of carbonyl (C=O) groups is 4. The summed E-state index contributed by atoms with van der Waals surface area (Å²) in [6, 6.07) is 0. The van der Waals surface area contributed by atoms with Gasteiger partial charge >= 0.3 is 23.9 Å². The summed E-state index contributed by atoms with van der Waals surface area (Å²) in [4.78, 5) is 54.9. The van der Waals surface area contributed by atoms with Crippen molar-refractivity contribution in [3.05, 3.63) is 48.6 Å². The quantitative estimate of drug-likeness (QED) is 0.0257. The maximum absolute atomic E-state index is 13.9. The average Bonchev–Trinajstić information content (AvgIpc) is 0.909. The molecule has 2 unspecified atom stereocenters. The van der Waals surface area contributed by atoms with E-state index in [4.69, 9.17) is 18.9 Å². The maximum Gasteiger partial charge on any atom is 0.309 e. The standard InChI is InChI=1S/C132H250O8/c1-5-9-13-17-21-25-29-33-37-41-45-49-53-57-61-65-69-73-77-81-85-89-93-97-101-105-109-115-121-137-129(133)125-127(131(135)139-123-117-111-107-103-99-95-91-87-83-79-75-71-67-63-59-55-51-47-43-39-35-31-27-23-19-15-11-7-3)119-113-114-120-128(132(136)140-124-118-112-108-104-100-96-92-88-84-80-76-72-68-64-60-56-52-48-44-40-36-32-28-24-20-16-12-8-4)126-130(134)138-122-116-110-106-102-98-94-90-86-82-78-74-70-66-62-58-54-50-46-42-38-34-30-26-22-18-14-10-6-2/h109-112,115-118,127-128H,5-108,113-114,119-126H2,1-4H3/b115-109+,116-110+,117-111+,118-112+. The van der Waals surface area contributed by atoms with E-state index in [-0.39, 0.29) is 39.3 Å². The second-order valence-corrected chi connectivity index (χ2v) is 44.7. The van der Waals surface area contributed by atoms with E-state index in [1.54, 1.807) is 0 Å². The summed E-state index contributed by atoms with van der Waals surface area (Å²) < 4.78 is 23.2. The highest BCUT2D eigenvalue weighted by Gasteiger charge is 2.27. The first-order valence-electron chi connectivity index (χ1n) is 64.6. The number of allylic oxidation sites excluding steroid dienone is 4. The molecule has 0 aliphatic rings. The van der Waals surface area contributed by atoms with Gasteiger partial charge in [0.2, 0.25) is 0 Å². The van der Waals surface area contributed by atoms with E-state index in [0.717, 1.165) is 51.4 Å². The average molecular weight is 1970 g/mol. The Hall–Kier alpha value is -3.16. The second-order valence-electron chi connectivity index (χ2n) is 44.7. The predicted octanol–water partition coefficient (Wildman–Crippen LogP) is 45.6. The van der Waals surface area contributed by atoms with Crippen LogP contribution in [0.25, 0.3) is 0 Å². The van der Waals surface area contributed by atoms with Crippen molar-refractivity contribution in [3.8, 4) is 0 Å². The molecular weight excluding hydrogens is 1710 g/mol. The first kappa shape index (κ1) is 137. The van der Waals surface area contributed by atoms with Gasteiger partial charge in [0.15, 0.2) is 0 Å². The van der Waals surface area contributed by atoms with E-state index in [2.05, 4.69) is 52.0 Å². The minimum atomic E-state index is -0.680. The fraction of sp³-hybridized carbons (Fsp3) is 0.909. The Morgan fingerprint density at radius 2 is 0.257 bits per heavy atom. The van der Waals surface area contributed by atoms with Gasteiger partial charge < -0.3 is 18.9 Å². The Balaban J connectivity index is 5.31. The van der Waals surface area contributed by atoms with Crippen LogP contribution >= 0.6 is 0 Å². The van der Waals surface area contributed by atoms with Gasteiger partial charge in [0.1, 0.15) is 26.4 Å². The van der Waals surface area contributed by atoms with Gasteiger partial charge in [-0.3, -0.25) is 19.2 Å². The summed E-state index contributed by atoms with van der Waals surface area (Å²) in [5.41, 5.74) is 0. The van der Waals surface area contributed by atoms with E-state index in [0.29, 0.717) is 25.7 Å². The minimum absolute atomic E-state index is 0.0630. The molecule has 2 atom stereocenters. The zero-order chi connectivity index (χ0) is 101. The van der Waals surface area contributed by atoms with Gasteiger partial charge in [-0.25, -0.2) is 0 Å². The molecule has 0 bridgehead atoms. The normalized spacial score (nSPS) is 12.3. The van der Waals surface area contributed by atoms with Gasteiger partial charge in [-0.1, -0.05) is 706 Å². The minimum Gasteiger partial charge on any atom is -0.461 e. The molecule has 0 fully saturated rings. The lowest BCUT2D eigenvalue weighted by atomic mass is 9.93. The van der Waals surface area contributed by atoms with Crippen molar-refractivity contribution in [2.24, 2.45) is 11.8 Å². The highest BCUT2D eigenvalue weighted by Crippen LogP contribution is 2.27. The third-order valence-corrected chi connectivity index (χ3v) is 30.7. The van der Waals surface area contributed by atoms with Crippen molar-refractivity contribution >= 4 is 23.9 Å². The highest BCUT2D eigenvalue weighted by atomic mass is 16.5. The topological polar surface area (TPSA) is 105 Å². The van der Waals surface area contributed by atoms with Gasteiger partial charge in [0, 0.05) is 0 Å². The molecule has 0 radical (unpaired) electrons. The maximum atomic E-state index is 13.9. The zero-order valence-electron chi connectivity index (χ0n) is 95.6. The van der Waals surface area contributed by atoms with Crippen LogP contribution in [0, 0.1) is 11.8 Å². The smallest absolute Gasteiger partial charge is 0.309 e. The van der Waals surface area contributed by atoms with Gasteiger partial charge in [-0.2, -0.15) is 0 Å². The van der Waals surface area contributed by atoms with Crippen molar-refractivity contribution in [2.75, 3.05) is 26.4 Å². The van der Waals surface area contributed by atoms with Crippen LogP contribution in [0.1, 0.15) is 734 Å². The van der Waals surface area contributed by atoms with Crippen molar-refractivity contribution in [3.63, 3.8) is 0 Å². The number of unbranched alkanes of at least 4 members (excludes halogenated alkanes) is 101. The molecule has 0 spiro atoms. The molecule has 0 heterocycles. The van der Waals surface area contributed by atoms with Crippen LogP contribution in [0.4, 0.5) is 0 Å². The van der Waals surface area contributed by atoms with Crippen molar-refractivity contribution in [2.45, 2.75) is 734 Å². The van der Waals surface area contributed by atoms with Gasteiger partial charge in [-0.05, 0) is 64.2 Å². The molecule has 0 saturated carbocycles. The lowest BCUT2D eigenvalue weighted by molar-refractivity contribution is -0.154.